The number of hydrogen-bond acceptors (Lipinski definition) is 6. The molecule has 0 spiro atoms. The maximum absolute atomic E-state index is 12.6. The van der Waals surface area contributed by atoms with Gasteiger partial charge in [-0.05, 0) is 40.5 Å². The molecule has 1 aromatic carbocycles. The second kappa shape index (κ2) is 7.10. The summed E-state index contributed by atoms with van der Waals surface area (Å²) in [7, 11) is 1.60. The van der Waals surface area contributed by atoms with Crippen LogP contribution in [0.25, 0.3) is 0 Å². The number of methoxy groups -OCH3 is 1. The monoisotopic (exact) mass is 404 g/mol. The molecule has 0 radical (unpaired) electrons. The molecule has 0 saturated carbocycles. The van der Waals surface area contributed by atoms with Crippen LogP contribution < -0.4 is 10.1 Å². The van der Waals surface area contributed by atoms with Gasteiger partial charge >= 0.3 is 5.97 Å². The van der Waals surface area contributed by atoms with Crippen molar-refractivity contribution in [1.82, 2.24) is 14.8 Å². The molecule has 1 aliphatic heterocycles. The Balaban J connectivity index is 2.10. The number of benzene rings is 1. The second-order valence-corrected chi connectivity index (χ2v) is 6.23. The van der Waals surface area contributed by atoms with E-state index in [0.717, 1.165) is 10.0 Å². The minimum absolute atomic E-state index is 0.138. The molecule has 2 heterocycles. The average Bonchev–Trinajstić information content (AvgIpc) is 3.06. The Morgan fingerprint density at radius 1 is 1.52 bits per heavy atom. The van der Waals surface area contributed by atoms with Crippen molar-refractivity contribution in [1.29, 1.82) is 0 Å². The fourth-order valence-corrected chi connectivity index (χ4v) is 3.29. The summed E-state index contributed by atoms with van der Waals surface area (Å²) in [5.41, 5.74) is 1.99. The second-order valence-electron chi connectivity index (χ2n) is 5.38. The summed E-state index contributed by atoms with van der Waals surface area (Å²) in [6, 6.07) is 5.16. The molecule has 1 atom stereocenters. The lowest BCUT2D eigenvalue weighted by molar-refractivity contribution is -0.138. The molecular formula is C17H17BrN4O3. The van der Waals surface area contributed by atoms with E-state index in [2.05, 4.69) is 37.9 Å². The topological polar surface area (TPSA) is 78.3 Å². The lowest BCUT2D eigenvalue weighted by Crippen LogP contribution is -2.29. The Labute approximate surface area is 153 Å². The van der Waals surface area contributed by atoms with Crippen LogP contribution in [-0.2, 0) is 9.53 Å². The largest absolute Gasteiger partial charge is 0.496 e. The number of halogens is 1. The van der Waals surface area contributed by atoms with E-state index in [1.165, 1.54) is 12.4 Å². The van der Waals surface area contributed by atoms with Gasteiger partial charge in [-0.1, -0.05) is 18.7 Å². The molecule has 1 N–H and O–H groups in total. The summed E-state index contributed by atoms with van der Waals surface area (Å²) in [6.45, 7) is 5.53. The number of aromatic nitrogens is 3. The third-order valence-corrected chi connectivity index (χ3v) is 4.46. The normalized spacial score (nSPS) is 16.0. The Bertz CT molecular complexity index is 859. The number of fused-ring (bicyclic) bond motifs is 1. The number of nitrogens with zero attached hydrogens (tertiary/aromatic N) is 3. The molecule has 25 heavy (non-hydrogen) atoms. The van der Waals surface area contributed by atoms with Gasteiger partial charge in [-0.15, -0.1) is 0 Å². The van der Waals surface area contributed by atoms with Gasteiger partial charge in [-0.2, -0.15) is 10.1 Å². The molecule has 130 valence electrons. The summed E-state index contributed by atoms with van der Waals surface area (Å²) in [6.07, 6.45) is 2.98. The van der Waals surface area contributed by atoms with Gasteiger partial charge in [0.1, 0.15) is 24.7 Å². The molecule has 0 saturated heterocycles. The summed E-state index contributed by atoms with van der Waals surface area (Å²) in [4.78, 5) is 16.8. The van der Waals surface area contributed by atoms with Crippen LogP contribution in [0.4, 0.5) is 5.95 Å². The van der Waals surface area contributed by atoms with Gasteiger partial charge in [0.25, 0.3) is 0 Å². The Morgan fingerprint density at radius 3 is 3.00 bits per heavy atom. The first-order valence-electron chi connectivity index (χ1n) is 7.55. The summed E-state index contributed by atoms with van der Waals surface area (Å²) < 4.78 is 13.0. The van der Waals surface area contributed by atoms with Gasteiger partial charge in [0, 0.05) is 5.70 Å². The van der Waals surface area contributed by atoms with Crippen molar-refractivity contribution in [2.24, 2.45) is 0 Å². The number of esters is 1. The van der Waals surface area contributed by atoms with Crippen molar-refractivity contribution >= 4 is 27.8 Å². The van der Waals surface area contributed by atoms with Gasteiger partial charge in [0.15, 0.2) is 0 Å². The van der Waals surface area contributed by atoms with E-state index in [9.17, 15) is 4.79 Å². The van der Waals surface area contributed by atoms with Crippen LogP contribution in [0.15, 0.2) is 52.9 Å². The number of hydrogen-bond donors (Lipinski definition) is 1. The average molecular weight is 405 g/mol. The number of anilines is 1. The molecule has 1 unspecified atom stereocenters. The number of carbonyl (C=O) groups excluding carboxylic acids is 1. The smallest absolute Gasteiger partial charge is 0.338 e. The molecule has 7 nitrogen and oxygen atoms in total. The molecule has 0 fully saturated rings. The lowest BCUT2D eigenvalue weighted by Gasteiger charge is -2.28. The highest BCUT2D eigenvalue weighted by Gasteiger charge is 2.34. The molecule has 0 aliphatic carbocycles. The zero-order chi connectivity index (χ0) is 18.0. The van der Waals surface area contributed by atoms with E-state index in [0.29, 0.717) is 23.0 Å². The van der Waals surface area contributed by atoms with Gasteiger partial charge in [-0.25, -0.2) is 9.48 Å². The molecule has 0 bridgehead atoms. The number of allylic oxidation sites excluding steroid dienone is 1. The minimum Gasteiger partial charge on any atom is -0.496 e. The first-order chi connectivity index (χ1) is 12.1. The van der Waals surface area contributed by atoms with Gasteiger partial charge in [0.2, 0.25) is 5.95 Å². The van der Waals surface area contributed by atoms with E-state index >= 15 is 0 Å². The highest BCUT2D eigenvalue weighted by atomic mass is 79.9. The maximum atomic E-state index is 12.6. The Morgan fingerprint density at radius 2 is 2.32 bits per heavy atom. The zero-order valence-corrected chi connectivity index (χ0v) is 15.4. The molecule has 1 aliphatic rings. The number of nitrogens with one attached hydrogen (secondary N) is 1. The van der Waals surface area contributed by atoms with Crippen LogP contribution in [-0.4, -0.2) is 34.5 Å². The van der Waals surface area contributed by atoms with E-state index < -0.39 is 12.0 Å². The van der Waals surface area contributed by atoms with Crippen LogP contribution in [0.1, 0.15) is 18.5 Å². The summed E-state index contributed by atoms with van der Waals surface area (Å²) >= 11 is 3.49. The molecule has 1 aromatic heterocycles. The fraction of sp³-hybridized carbons (Fsp3) is 0.235. The van der Waals surface area contributed by atoms with Crippen molar-refractivity contribution in [3.8, 4) is 5.75 Å². The molecule has 0 amide bonds. The van der Waals surface area contributed by atoms with E-state index in [1.807, 2.05) is 25.1 Å². The zero-order valence-electron chi connectivity index (χ0n) is 13.8. The highest BCUT2D eigenvalue weighted by Crippen LogP contribution is 2.37. The van der Waals surface area contributed by atoms with Crippen molar-refractivity contribution in [2.45, 2.75) is 13.0 Å². The molecule has 8 heteroatoms. The van der Waals surface area contributed by atoms with Crippen molar-refractivity contribution in [3.05, 3.63) is 58.5 Å². The number of ether oxygens (including phenoxy) is 2. The van der Waals surface area contributed by atoms with Crippen LogP contribution in [0.5, 0.6) is 5.75 Å². The standard InChI is InChI=1S/C17H17BrN4O3/c1-4-7-25-16(23)14-10(2)21-17-19-9-20-22(17)15(14)11-5-6-13(24-3)12(18)8-11/h4-6,8-9,15H,1,7H2,2-3H3,(H,19,20,21). The van der Waals surface area contributed by atoms with Crippen LogP contribution in [0, 0.1) is 0 Å². The quantitative estimate of drug-likeness (QED) is 0.609. The fourth-order valence-electron chi connectivity index (χ4n) is 2.73. The first-order valence-corrected chi connectivity index (χ1v) is 8.34. The Hall–Kier alpha value is -2.61. The SMILES string of the molecule is C=CCOC(=O)C1=C(C)Nc2ncnn2C1c1ccc(OC)c(Br)c1. The first kappa shape index (κ1) is 17.2. The Kier molecular flexibility index (Phi) is 4.89. The predicted molar refractivity (Wildman–Crippen MR) is 96.3 cm³/mol. The van der Waals surface area contributed by atoms with E-state index in [-0.39, 0.29) is 6.61 Å². The van der Waals surface area contributed by atoms with Crippen LogP contribution in [0.3, 0.4) is 0 Å². The van der Waals surface area contributed by atoms with Crippen LogP contribution >= 0.6 is 15.9 Å². The number of rotatable bonds is 5. The molecule has 2 aromatic rings. The third-order valence-electron chi connectivity index (χ3n) is 3.84. The summed E-state index contributed by atoms with van der Waals surface area (Å²) in [5.74, 6) is 0.839. The van der Waals surface area contributed by atoms with Crippen molar-refractivity contribution in [2.75, 3.05) is 19.0 Å². The van der Waals surface area contributed by atoms with Crippen LogP contribution in [0.2, 0.25) is 0 Å². The van der Waals surface area contributed by atoms with Gasteiger partial charge < -0.3 is 14.8 Å². The van der Waals surface area contributed by atoms with Gasteiger partial charge in [0.05, 0.1) is 17.2 Å². The minimum atomic E-state index is -0.460. The van der Waals surface area contributed by atoms with Crippen molar-refractivity contribution in [3.63, 3.8) is 0 Å². The lowest BCUT2D eigenvalue weighted by atomic mass is 9.96. The van der Waals surface area contributed by atoms with Crippen molar-refractivity contribution < 1.29 is 14.3 Å². The third kappa shape index (κ3) is 3.17. The van der Waals surface area contributed by atoms with Gasteiger partial charge in [-0.3, -0.25) is 0 Å². The molecular weight excluding hydrogens is 388 g/mol. The number of carbonyl (C=O) groups is 1. The highest BCUT2D eigenvalue weighted by molar-refractivity contribution is 9.10. The van der Waals surface area contributed by atoms with E-state index in [4.69, 9.17) is 9.47 Å². The summed E-state index contributed by atoms with van der Waals surface area (Å²) in [5, 5.41) is 7.36. The predicted octanol–water partition coefficient (Wildman–Crippen LogP) is 3.07. The molecule has 3 rings (SSSR count). The maximum Gasteiger partial charge on any atom is 0.338 e. The van der Waals surface area contributed by atoms with E-state index in [1.54, 1.807) is 11.8 Å².